The van der Waals surface area contributed by atoms with Crippen molar-refractivity contribution in [3.63, 3.8) is 0 Å². The van der Waals surface area contributed by atoms with E-state index in [4.69, 9.17) is 19.7 Å². The molecule has 0 radical (unpaired) electrons. The molecule has 2 aliphatic rings. The standard InChI is InChI=1S/C22H29N5O4.C2HF3O2/c28-21-14-25(18-5-7-23-8-6-18)11-12-26(21)13-20(27-10-9-24-16-27)17-1-3-19(4-2-17)31-15-22(29)30;3-2(4,5)1(6)7/h1-4,9-10,16,18,20,23H,5-8,11-15H2,(H,29,30);(H,6,7). The number of aliphatic carboxylic acids is 2. The summed E-state index contributed by atoms with van der Waals surface area (Å²) in [6.07, 6.45) is 2.50. The Morgan fingerprint density at radius 2 is 1.79 bits per heavy atom. The molecule has 0 saturated carbocycles. The molecule has 3 heterocycles. The number of amides is 1. The zero-order chi connectivity index (χ0) is 27.7. The van der Waals surface area contributed by atoms with Gasteiger partial charge in [0, 0.05) is 38.1 Å². The van der Waals surface area contributed by atoms with Gasteiger partial charge in [0.15, 0.2) is 6.61 Å². The molecule has 2 saturated heterocycles. The van der Waals surface area contributed by atoms with Gasteiger partial charge in [-0.05, 0) is 43.6 Å². The van der Waals surface area contributed by atoms with Gasteiger partial charge in [-0.1, -0.05) is 12.1 Å². The molecule has 11 nitrogen and oxygen atoms in total. The average Bonchev–Trinajstić information content (AvgIpc) is 3.42. The summed E-state index contributed by atoms with van der Waals surface area (Å²) in [5, 5.41) is 19.3. The highest BCUT2D eigenvalue weighted by Crippen LogP contribution is 2.24. The number of aromatic nitrogens is 2. The number of carbonyl (C=O) groups is 3. The summed E-state index contributed by atoms with van der Waals surface area (Å²) in [5.74, 6) is -3.10. The molecule has 2 aliphatic heterocycles. The van der Waals surface area contributed by atoms with E-state index in [-0.39, 0.29) is 18.6 Å². The van der Waals surface area contributed by atoms with E-state index < -0.39 is 18.1 Å². The van der Waals surface area contributed by atoms with Crippen molar-refractivity contribution < 1.29 is 42.5 Å². The van der Waals surface area contributed by atoms with Crippen molar-refractivity contribution in [2.75, 3.05) is 45.9 Å². The average molecular weight is 542 g/mol. The van der Waals surface area contributed by atoms with Crippen molar-refractivity contribution in [1.82, 2.24) is 24.7 Å². The molecular formula is C24H30F3N5O6. The molecule has 0 aliphatic carbocycles. The Labute approximate surface area is 216 Å². The number of nitrogens with one attached hydrogen (secondary N) is 1. The third-order valence-corrected chi connectivity index (χ3v) is 6.32. The lowest BCUT2D eigenvalue weighted by molar-refractivity contribution is -0.192. The Bertz CT molecular complexity index is 1060. The van der Waals surface area contributed by atoms with Gasteiger partial charge in [0.1, 0.15) is 5.75 Å². The number of ether oxygens (including phenoxy) is 1. The van der Waals surface area contributed by atoms with Gasteiger partial charge in [0.2, 0.25) is 5.91 Å². The molecule has 1 aromatic carbocycles. The Balaban J connectivity index is 0.000000505. The summed E-state index contributed by atoms with van der Waals surface area (Å²) < 4.78 is 39.0. The lowest BCUT2D eigenvalue weighted by Gasteiger charge is -2.41. The van der Waals surface area contributed by atoms with Gasteiger partial charge in [0.05, 0.1) is 18.9 Å². The van der Waals surface area contributed by atoms with E-state index in [1.165, 1.54) is 0 Å². The Morgan fingerprint density at radius 3 is 2.32 bits per heavy atom. The number of piperidine rings is 1. The second kappa shape index (κ2) is 13.2. The summed E-state index contributed by atoms with van der Waals surface area (Å²) in [6, 6.07) is 7.77. The van der Waals surface area contributed by atoms with Crippen LogP contribution in [0.1, 0.15) is 24.4 Å². The van der Waals surface area contributed by atoms with Gasteiger partial charge in [-0.2, -0.15) is 13.2 Å². The Hall–Kier alpha value is -3.65. The molecule has 2 aromatic rings. The second-order valence-electron chi connectivity index (χ2n) is 8.87. The van der Waals surface area contributed by atoms with E-state index in [1.54, 1.807) is 24.7 Å². The smallest absolute Gasteiger partial charge is 0.482 e. The number of carbonyl (C=O) groups excluding carboxylic acids is 1. The van der Waals surface area contributed by atoms with Crippen molar-refractivity contribution in [3.05, 3.63) is 48.5 Å². The number of hydrogen-bond donors (Lipinski definition) is 3. The SMILES string of the molecule is O=C(O)C(F)(F)F.O=C(O)COc1ccc(C(CN2CCN(C3CCNCC3)CC2=O)n2ccnc2)cc1. The zero-order valence-electron chi connectivity index (χ0n) is 20.5. The summed E-state index contributed by atoms with van der Waals surface area (Å²) >= 11 is 0. The van der Waals surface area contributed by atoms with E-state index in [1.807, 2.05) is 27.8 Å². The molecule has 1 amide bonds. The van der Waals surface area contributed by atoms with Crippen LogP contribution in [0.5, 0.6) is 5.75 Å². The maximum Gasteiger partial charge on any atom is 0.490 e. The number of halogens is 3. The molecule has 1 unspecified atom stereocenters. The quantitative estimate of drug-likeness (QED) is 0.454. The van der Waals surface area contributed by atoms with Gasteiger partial charge >= 0.3 is 18.1 Å². The minimum Gasteiger partial charge on any atom is -0.482 e. The molecule has 4 rings (SSSR count). The maximum atomic E-state index is 13.0. The maximum absolute atomic E-state index is 13.0. The number of rotatable bonds is 8. The predicted octanol–water partition coefficient (Wildman–Crippen LogP) is 1.47. The van der Waals surface area contributed by atoms with Crippen molar-refractivity contribution in [1.29, 1.82) is 0 Å². The fourth-order valence-electron chi connectivity index (χ4n) is 4.37. The number of carboxylic acid groups (broad SMARTS) is 2. The van der Waals surface area contributed by atoms with Gasteiger partial charge in [-0.3, -0.25) is 9.69 Å². The largest absolute Gasteiger partial charge is 0.490 e. The summed E-state index contributed by atoms with van der Waals surface area (Å²) in [7, 11) is 0. The number of piperazine rings is 1. The number of nitrogens with zero attached hydrogens (tertiary/aromatic N) is 4. The number of alkyl halides is 3. The van der Waals surface area contributed by atoms with E-state index >= 15 is 0 Å². The molecule has 1 atom stereocenters. The first kappa shape index (κ1) is 28.9. The van der Waals surface area contributed by atoms with Crippen LogP contribution >= 0.6 is 0 Å². The van der Waals surface area contributed by atoms with Gasteiger partial charge in [0.25, 0.3) is 0 Å². The molecule has 3 N–H and O–H groups in total. The highest BCUT2D eigenvalue weighted by molar-refractivity contribution is 5.79. The van der Waals surface area contributed by atoms with Crippen LogP contribution in [0.15, 0.2) is 43.0 Å². The van der Waals surface area contributed by atoms with E-state index in [2.05, 4.69) is 15.2 Å². The minimum atomic E-state index is -5.08. The van der Waals surface area contributed by atoms with Crippen LogP contribution < -0.4 is 10.1 Å². The fraction of sp³-hybridized carbons (Fsp3) is 0.500. The van der Waals surface area contributed by atoms with Gasteiger partial charge in [-0.15, -0.1) is 0 Å². The molecule has 0 spiro atoms. The van der Waals surface area contributed by atoms with Crippen LogP contribution in [0.4, 0.5) is 13.2 Å². The van der Waals surface area contributed by atoms with Crippen LogP contribution in [0.2, 0.25) is 0 Å². The monoisotopic (exact) mass is 541 g/mol. The number of carboxylic acids is 2. The van der Waals surface area contributed by atoms with Gasteiger partial charge in [-0.25, -0.2) is 14.6 Å². The second-order valence-corrected chi connectivity index (χ2v) is 8.87. The molecule has 14 heteroatoms. The number of hydrogen-bond acceptors (Lipinski definition) is 7. The first-order valence-electron chi connectivity index (χ1n) is 12.0. The lowest BCUT2D eigenvalue weighted by atomic mass is 10.0. The van der Waals surface area contributed by atoms with E-state index in [0.717, 1.165) is 38.0 Å². The summed E-state index contributed by atoms with van der Waals surface area (Å²) in [4.78, 5) is 41.0. The first-order chi connectivity index (χ1) is 18.0. The van der Waals surface area contributed by atoms with Crippen LogP contribution in [0, 0.1) is 0 Å². The third-order valence-electron chi connectivity index (χ3n) is 6.32. The number of imidazole rings is 1. The predicted molar refractivity (Wildman–Crippen MR) is 128 cm³/mol. The first-order valence-corrected chi connectivity index (χ1v) is 12.0. The van der Waals surface area contributed by atoms with Crippen molar-refractivity contribution in [2.24, 2.45) is 0 Å². The molecule has 2 fully saturated rings. The normalized spacial score (nSPS) is 17.9. The van der Waals surface area contributed by atoms with Crippen LogP contribution in [-0.2, 0) is 14.4 Å². The topological polar surface area (TPSA) is 137 Å². The highest BCUT2D eigenvalue weighted by atomic mass is 19.4. The fourth-order valence-corrected chi connectivity index (χ4v) is 4.37. The van der Waals surface area contributed by atoms with Crippen LogP contribution in [0.3, 0.4) is 0 Å². The molecular weight excluding hydrogens is 511 g/mol. The number of benzene rings is 1. The van der Waals surface area contributed by atoms with E-state index in [9.17, 15) is 22.8 Å². The summed E-state index contributed by atoms with van der Waals surface area (Å²) in [5.41, 5.74) is 1.01. The van der Waals surface area contributed by atoms with Gasteiger partial charge < -0.3 is 29.7 Å². The zero-order valence-corrected chi connectivity index (χ0v) is 20.5. The third kappa shape index (κ3) is 8.45. The Kier molecular flexibility index (Phi) is 10.1. The summed E-state index contributed by atoms with van der Waals surface area (Å²) in [6.45, 7) is 4.32. The molecule has 1 aromatic heterocycles. The lowest BCUT2D eigenvalue weighted by Crippen LogP contribution is -2.56. The minimum absolute atomic E-state index is 0.0783. The van der Waals surface area contributed by atoms with Crippen molar-refractivity contribution >= 4 is 17.8 Å². The highest BCUT2D eigenvalue weighted by Gasteiger charge is 2.38. The Morgan fingerprint density at radius 1 is 1.13 bits per heavy atom. The molecule has 0 bridgehead atoms. The van der Waals surface area contributed by atoms with Crippen LogP contribution in [-0.4, -0.2) is 106 Å². The van der Waals surface area contributed by atoms with Crippen molar-refractivity contribution in [3.8, 4) is 5.75 Å². The van der Waals surface area contributed by atoms with E-state index in [0.29, 0.717) is 31.4 Å². The van der Waals surface area contributed by atoms with Crippen LogP contribution in [0.25, 0.3) is 0 Å². The molecule has 38 heavy (non-hydrogen) atoms. The van der Waals surface area contributed by atoms with Crippen molar-refractivity contribution in [2.45, 2.75) is 31.1 Å². The molecule has 208 valence electrons.